The molecule has 2 aromatic carbocycles. The number of aromatic nitrogens is 8. The molecule has 1 fully saturated rings. The summed E-state index contributed by atoms with van der Waals surface area (Å²) in [7, 11) is 0. The van der Waals surface area contributed by atoms with Gasteiger partial charge in [0.05, 0.1) is 41.7 Å². The number of hydrogen-bond donors (Lipinski definition) is 4. The molecule has 1 saturated heterocycles. The van der Waals surface area contributed by atoms with Crippen LogP contribution in [0.25, 0.3) is 22.1 Å². The van der Waals surface area contributed by atoms with Crippen LogP contribution in [0.4, 0.5) is 11.9 Å². The number of allylic oxidation sites excluding steroid dienone is 2. The van der Waals surface area contributed by atoms with E-state index in [-0.39, 0.29) is 55.4 Å². The summed E-state index contributed by atoms with van der Waals surface area (Å²) in [6.45, 7) is 11.0. The lowest BCUT2D eigenvalue weighted by Crippen LogP contribution is -2.49. The molecular formula is C41H47N13O7. The molecular weight excluding hydrogens is 787 g/mol. The van der Waals surface area contributed by atoms with Crippen LogP contribution in [0.15, 0.2) is 48.6 Å². The number of amides is 4. The number of aryl methyl sites for hydroxylation is 4. The summed E-state index contributed by atoms with van der Waals surface area (Å²) in [6, 6.07) is 9.28. The van der Waals surface area contributed by atoms with Crippen molar-refractivity contribution in [1.82, 2.24) is 43.6 Å². The Morgan fingerprint density at radius 1 is 0.689 bits per heavy atom. The summed E-state index contributed by atoms with van der Waals surface area (Å²) >= 11 is 0. The van der Waals surface area contributed by atoms with Crippen LogP contribution in [0.1, 0.15) is 66.9 Å². The third kappa shape index (κ3) is 8.14. The van der Waals surface area contributed by atoms with E-state index < -0.39 is 23.6 Å². The van der Waals surface area contributed by atoms with Gasteiger partial charge in [0.25, 0.3) is 11.8 Å². The van der Waals surface area contributed by atoms with Crippen LogP contribution in [0.3, 0.4) is 0 Å². The number of hydrogen-bond acceptors (Lipinski definition) is 12. The minimum Gasteiger partial charge on any atom is -0.490 e. The normalized spacial score (nSPS) is 15.7. The van der Waals surface area contributed by atoms with Crippen molar-refractivity contribution < 1.29 is 33.4 Å². The van der Waals surface area contributed by atoms with Gasteiger partial charge >= 0.3 is 0 Å². The summed E-state index contributed by atoms with van der Waals surface area (Å²) in [5, 5.41) is 14.8. The predicted octanol–water partition coefficient (Wildman–Crippen LogP) is 2.87. The Labute approximate surface area is 349 Å². The number of anilines is 2. The highest BCUT2D eigenvalue weighted by Gasteiger charge is 2.28. The van der Waals surface area contributed by atoms with Crippen molar-refractivity contribution in [2.75, 3.05) is 50.2 Å². The highest BCUT2D eigenvalue weighted by Crippen LogP contribution is 2.34. The van der Waals surface area contributed by atoms with Gasteiger partial charge in [0, 0.05) is 50.4 Å². The molecule has 0 spiro atoms. The van der Waals surface area contributed by atoms with Crippen molar-refractivity contribution in [2.24, 2.45) is 11.5 Å². The van der Waals surface area contributed by atoms with Gasteiger partial charge in [-0.2, -0.15) is 10.2 Å². The number of ether oxygens (including phenoxy) is 3. The van der Waals surface area contributed by atoms with Crippen LogP contribution in [0.5, 0.6) is 11.5 Å². The molecule has 61 heavy (non-hydrogen) atoms. The molecule has 2 aliphatic rings. The van der Waals surface area contributed by atoms with E-state index in [2.05, 4.69) is 25.7 Å². The fourth-order valence-electron chi connectivity index (χ4n) is 7.71. The van der Waals surface area contributed by atoms with Crippen molar-refractivity contribution in [3.63, 3.8) is 0 Å². The van der Waals surface area contributed by atoms with Crippen LogP contribution in [0, 0.1) is 13.8 Å². The smallest absolute Gasteiger partial charge is 0.276 e. The van der Waals surface area contributed by atoms with Gasteiger partial charge in [-0.3, -0.25) is 44.1 Å². The lowest BCUT2D eigenvalue weighted by atomic mass is 10.1. The molecule has 20 nitrogen and oxygen atoms in total. The first kappa shape index (κ1) is 40.7. The standard InChI is InChI=1S/C41H47N13O7/c1-5-53-30(15-23(3)48-53)38(57)46-40-44-28-17-25(36(42)55)19-32-34(28)51(40)9-7-8-10-52-35-29(45-41(52)47-39(58)31-16-24(4)49-54(31)6-2)18-26(37(43)56)20-33(35)61-22-27(21-60-32)50-11-13-59-14-12-50/h7-8,15-20,27H,5-6,9-14,21-22H2,1-4H3,(H2,42,55)(H2,43,56)(H,44,46,57)(H,45,47,58)/b8-7+. The Hall–Kier alpha value is -7.06. The van der Waals surface area contributed by atoms with Crippen molar-refractivity contribution in [2.45, 2.75) is 59.9 Å². The van der Waals surface area contributed by atoms with Crippen LogP contribution in [-0.2, 0) is 30.9 Å². The van der Waals surface area contributed by atoms with E-state index >= 15 is 0 Å². The van der Waals surface area contributed by atoms with E-state index in [1.807, 2.05) is 39.8 Å². The van der Waals surface area contributed by atoms with Gasteiger partial charge in [-0.25, -0.2) is 9.97 Å². The Balaban J connectivity index is 1.27. The number of benzene rings is 2. The summed E-state index contributed by atoms with van der Waals surface area (Å²) < 4.78 is 25.7. The van der Waals surface area contributed by atoms with Crippen LogP contribution in [-0.4, -0.2) is 113 Å². The monoisotopic (exact) mass is 833 g/mol. The quantitative estimate of drug-likeness (QED) is 0.154. The van der Waals surface area contributed by atoms with E-state index in [0.29, 0.717) is 95.7 Å². The highest BCUT2D eigenvalue weighted by atomic mass is 16.5. The lowest BCUT2D eigenvalue weighted by Gasteiger charge is -2.34. The molecule has 0 bridgehead atoms. The first-order valence-electron chi connectivity index (χ1n) is 20.0. The largest absolute Gasteiger partial charge is 0.490 e. The van der Waals surface area contributed by atoms with Crippen LogP contribution < -0.4 is 31.6 Å². The maximum absolute atomic E-state index is 13.8. The average molecular weight is 834 g/mol. The molecule has 0 aliphatic carbocycles. The zero-order chi connectivity index (χ0) is 42.9. The number of imidazole rings is 2. The van der Waals surface area contributed by atoms with Gasteiger partial charge in [0.1, 0.15) is 47.1 Å². The second-order valence-electron chi connectivity index (χ2n) is 14.8. The average Bonchev–Trinajstić information content (AvgIpc) is 4.01. The second-order valence-corrected chi connectivity index (χ2v) is 14.8. The topological polar surface area (TPSA) is 247 Å². The van der Waals surface area contributed by atoms with Gasteiger partial charge in [-0.1, -0.05) is 12.2 Å². The number of rotatable bonds is 9. The molecule has 2 aliphatic heterocycles. The zero-order valence-electron chi connectivity index (χ0n) is 34.3. The summed E-state index contributed by atoms with van der Waals surface area (Å²) in [5.74, 6) is -1.20. The van der Waals surface area contributed by atoms with Gasteiger partial charge in [0.2, 0.25) is 23.7 Å². The predicted molar refractivity (Wildman–Crippen MR) is 224 cm³/mol. The number of morpholine rings is 1. The van der Waals surface area contributed by atoms with Crippen LogP contribution >= 0.6 is 0 Å². The van der Waals surface area contributed by atoms with Gasteiger partial charge in [-0.15, -0.1) is 0 Å². The van der Waals surface area contributed by atoms with Crippen molar-refractivity contribution in [1.29, 1.82) is 0 Å². The molecule has 8 rings (SSSR count). The first-order valence-corrected chi connectivity index (χ1v) is 20.0. The Morgan fingerprint density at radius 2 is 1.13 bits per heavy atom. The SMILES string of the molecule is CCn1nc(C)cc1C(=O)Nc1nc2cc(C(N)=O)cc3c2n1C/C=C/Cn1c(NC(=O)c2cc(C)nn2CC)nc2cc(C(N)=O)cc(c21)OCC(N1CCOCC1)CO3. The van der Waals surface area contributed by atoms with Crippen molar-refractivity contribution >= 4 is 57.6 Å². The Bertz CT molecular complexity index is 2540. The summed E-state index contributed by atoms with van der Waals surface area (Å²) in [6.07, 6.45) is 3.73. The van der Waals surface area contributed by atoms with Gasteiger partial charge in [-0.05, 0) is 64.1 Å². The minimum absolute atomic E-state index is 0.0821. The zero-order valence-corrected chi connectivity index (χ0v) is 34.3. The lowest BCUT2D eigenvalue weighted by molar-refractivity contribution is -0.00548. The van der Waals surface area contributed by atoms with E-state index in [4.69, 9.17) is 35.6 Å². The third-order valence-corrected chi connectivity index (χ3v) is 10.7. The van der Waals surface area contributed by atoms with E-state index in [9.17, 15) is 19.2 Å². The maximum Gasteiger partial charge on any atom is 0.276 e. The van der Waals surface area contributed by atoms with Gasteiger partial charge < -0.3 is 34.8 Å². The van der Waals surface area contributed by atoms with E-state index in [1.54, 1.807) is 54.9 Å². The molecule has 6 N–H and O–H groups in total. The highest BCUT2D eigenvalue weighted by molar-refractivity contribution is 6.05. The van der Waals surface area contributed by atoms with E-state index in [1.165, 1.54) is 0 Å². The number of primary amides is 2. The number of carbonyl (C=O) groups excluding carboxylic acids is 4. The summed E-state index contributed by atoms with van der Waals surface area (Å²) in [4.78, 5) is 64.7. The van der Waals surface area contributed by atoms with Crippen LogP contribution in [0.2, 0.25) is 0 Å². The molecule has 6 heterocycles. The number of nitrogens with two attached hydrogens (primary N) is 2. The third-order valence-electron chi connectivity index (χ3n) is 10.7. The molecule has 0 unspecified atom stereocenters. The van der Waals surface area contributed by atoms with E-state index in [0.717, 1.165) is 0 Å². The molecule has 0 radical (unpaired) electrons. The molecule has 0 saturated carbocycles. The fourth-order valence-corrected chi connectivity index (χ4v) is 7.71. The fraction of sp³-hybridized carbons (Fsp3) is 0.366. The molecule has 4 aromatic heterocycles. The second kappa shape index (κ2) is 16.9. The minimum atomic E-state index is -0.681. The maximum atomic E-state index is 13.8. The van der Waals surface area contributed by atoms with Gasteiger partial charge in [0.15, 0.2) is 0 Å². The molecule has 6 aromatic rings. The van der Waals surface area contributed by atoms with Crippen molar-refractivity contribution in [3.8, 4) is 11.5 Å². The molecule has 318 valence electrons. The molecule has 4 amide bonds. The van der Waals surface area contributed by atoms with Crippen molar-refractivity contribution in [3.05, 3.63) is 82.5 Å². The number of carbonyl (C=O) groups is 4. The molecule has 0 atom stereocenters. The molecule has 20 heteroatoms. The first-order chi connectivity index (χ1) is 29.4. The Kier molecular flexibility index (Phi) is 11.3. The Morgan fingerprint density at radius 3 is 1.54 bits per heavy atom. The summed E-state index contributed by atoms with van der Waals surface area (Å²) in [5.41, 5.74) is 15.8. The number of nitrogens with one attached hydrogen (secondary N) is 2. The number of nitrogens with zero attached hydrogens (tertiary/aromatic N) is 9.